The molecule has 0 saturated carbocycles. The van der Waals surface area contributed by atoms with Crippen molar-refractivity contribution in [3.8, 4) is 0 Å². The molecule has 1 atom stereocenters. The average molecular weight is 251 g/mol. The van der Waals surface area contributed by atoms with E-state index in [1.54, 1.807) is 10.7 Å². The first-order valence-corrected chi connectivity index (χ1v) is 5.77. The predicted octanol–water partition coefficient (Wildman–Crippen LogP) is 2.54. The van der Waals surface area contributed by atoms with E-state index in [-0.39, 0.29) is 5.56 Å². The van der Waals surface area contributed by atoms with Crippen molar-refractivity contribution in [2.24, 2.45) is 5.73 Å². The van der Waals surface area contributed by atoms with Crippen LogP contribution >= 0.6 is 0 Å². The Morgan fingerprint density at radius 1 is 1.33 bits per heavy atom. The van der Waals surface area contributed by atoms with Gasteiger partial charge in [-0.05, 0) is 38.1 Å². The fourth-order valence-corrected chi connectivity index (χ4v) is 1.98. The van der Waals surface area contributed by atoms with Crippen molar-refractivity contribution < 1.29 is 8.78 Å². The Balaban J connectivity index is 2.46. The zero-order valence-electron chi connectivity index (χ0n) is 10.3. The fourth-order valence-electron chi connectivity index (χ4n) is 1.98. The number of halogens is 2. The lowest BCUT2D eigenvalue weighted by Gasteiger charge is -2.14. The van der Waals surface area contributed by atoms with Gasteiger partial charge in [0.2, 0.25) is 0 Å². The van der Waals surface area contributed by atoms with Crippen molar-refractivity contribution in [3.63, 3.8) is 0 Å². The Labute approximate surface area is 104 Å². The standard InChI is InChI=1S/C13H15F2N3/c1-3-18-12(6-8(2)17-18)13(16)10-7-9(14)4-5-11(10)15/h4-7,13H,3,16H2,1-2H3. The fraction of sp³-hybridized carbons (Fsp3) is 0.308. The highest BCUT2D eigenvalue weighted by Gasteiger charge is 2.18. The molecule has 1 heterocycles. The molecule has 0 fully saturated rings. The number of benzene rings is 1. The quantitative estimate of drug-likeness (QED) is 0.911. The van der Waals surface area contributed by atoms with Crippen LogP contribution in [-0.2, 0) is 6.54 Å². The lowest BCUT2D eigenvalue weighted by molar-refractivity contribution is 0.555. The zero-order chi connectivity index (χ0) is 13.3. The Morgan fingerprint density at radius 2 is 2.06 bits per heavy atom. The molecule has 0 spiro atoms. The van der Waals surface area contributed by atoms with E-state index in [0.717, 1.165) is 23.9 Å². The topological polar surface area (TPSA) is 43.8 Å². The van der Waals surface area contributed by atoms with Gasteiger partial charge in [-0.25, -0.2) is 8.78 Å². The summed E-state index contributed by atoms with van der Waals surface area (Å²) in [6.07, 6.45) is 0. The maximum Gasteiger partial charge on any atom is 0.128 e. The summed E-state index contributed by atoms with van der Waals surface area (Å²) in [4.78, 5) is 0. The molecule has 1 unspecified atom stereocenters. The highest BCUT2D eigenvalue weighted by atomic mass is 19.1. The van der Waals surface area contributed by atoms with Crippen molar-refractivity contribution >= 4 is 0 Å². The van der Waals surface area contributed by atoms with E-state index in [1.807, 2.05) is 13.8 Å². The van der Waals surface area contributed by atoms with Crippen molar-refractivity contribution in [1.29, 1.82) is 0 Å². The van der Waals surface area contributed by atoms with E-state index < -0.39 is 17.7 Å². The maximum absolute atomic E-state index is 13.7. The van der Waals surface area contributed by atoms with Gasteiger partial charge < -0.3 is 5.73 Å². The predicted molar refractivity (Wildman–Crippen MR) is 65.0 cm³/mol. The van der Waals surface area contributed by atoms with Crippen molar-refractivity contribution in [2.45, 2.75) is 26.4 Å². The largest absolute Gasteiger partial charge is 0.319 e. The molecule has 0 radical (unpaired) electrons. The third-order valence-corrected chi connectivity index (χ3v) is 2.84. The molecule has 2 aromatic rings. The second-order valence-corrected chi connectivity index (χ2v) is 4.17. The van der Waals surface area contributed by atoms with Gasteiger partial charge in [-0.3, -0.25) is 4.68 Å². The lowest BCUT2D eigenvalue weighted by Crippen LogP contribution is -2.18. The van der Waals surface area contributed by atoms with Crippen molar-refractivity contribution in [3.05, 3.63) is 52.9 Å². The molecule has 2 rings (SSSR count). The van der Waals surface area contributed by atoms with Crippen LogP contribution in [0, 0.1) is 18.6 Å². The van der Waals surface area contributed by atoms with Gasteiger partial charge in [-0.2, -0.15) is 5.10 Å². The van der Waals surface area contributed by atoms with E-state index in [4.69, 9.17) is 5.73 Å². The molecule has 1 aromatic heterocycles. The number of hydrogen-bond donors (Lipinski definition) is 1. The van der Waals surface area contributed by atoms with Gasteiger partial charge in [0, 0.05) is 12.1 Å². The molecule has 1 aromatic carbocycles. The molecule has 18 heavy (non-hydrogen) atoms. The summed E-state index contributed by atoms with van der Waals surface area (Å²) in [7, 11) is 0. The Kier molecular flexibility index (Phi) is 3.43. The monoisotopic (exact) mass is 251 g/mol. The summed E-state index contributed by atoms with van der Waals surface area (Å²) in [5.74, 6) is -1.01. The van der Waals surface area contributed by atoms with Crippen LogP contribution in [0.5, 0.6) is 0 Å². The van der Waals surface area contributed by atoms with E-state index in [9.17, 15) is 8.78 Å². The van der Waals surface area contributed by atoms with Gasteiger partial charge in [0.05, 0.1) is 17.4 Å². The highest BCUT2D eigenvalue weighted by Crippen LogP contribution is 2.23. The summed E-state index contributed by atoms with van der Waals surface area (Å²) in [5, 5.41) is 4.25. The van der Waals surface area contributed by atoms with Crippen molar-refractivity contribution in [1.82, 2.24) is 9.78 Å². The molecular weight excluding hydrogens is 236 g/mol. The van der Waals surface area contributed by atoms with Crippen LogP contribution in [0.2, 0.25) is 0 Å². The van der Waals surface area contributed by atoms with E-state index in [2.05, 4.69) is 5.10 Å². The van der Waals surface area contributed by atoms with Crippen LogP contribution in [-0.4, -0.2) is 9.78 Å². The molecule has 5 heteroatoms. The minimum Gasteiger partial charge on any atom is -0.319 e. The third kappa shape index (κ3) is 2.26. The summed E-state index contributed by atoms with van der Waals surface area (Å²) in [6.45, 7) is 4.39. The molecule has 2 N–H and O–H groups in total. The first kappa shape index (κ1) is 12.7. The number of nitrogens with zero attached hydrogens (tertiary/aromatic N) is 2. The summed E-state index contributed by atoms with van der Waals surface area (Å²) < 4.78 is 28.5. The van der Waals surface area contributed by atoms with Crippen LogP contribution in [0.15, 0.2) is 24.3 Å². The highest BCUT2D eigenvalue weighted by molar-refractivity contribution is 5.30. The van der Waals surface area contributed by atoms with Crippen LogP contribution < -0.4 is 5.73 Å². The Bertz CT molecular complexity index is 563. The minimum absolute atomic E-state index is 0.143. The molecule has 0 aliphatic heterocycles. The molecule has 0 aliphatic carbocycles. The van der Waals surface area contributed by atoms with E-state index >= 15 is 0 Å². The minimum atomic E-state index is -0.721. The number of rotatable bonds is 3. The van der Waals surface area contributed by atoms with E-state index in [0.29, 0.717) is 12.2 Å². The van der Waals surface area contributed by atoms with Gasteiger partial charge in [-0.15, -0.1) is 0 Å². The Hall–Kier alpha value is -1.75. The number of aromatic nitrogens is 2. The van der Waals surface area contributed by atoms with Gasteiger partial charge in [0.1, 0.15) is 11.6 Å². The normalized spacial score (nSPS) is 12.7. The van der Waals surface area contributed by atoms with Gasteiger partial charge in [-0.1, -0.05) is 0 Å². The van der Waals surface area contributed by atoms with Crippen molar-refractivity contribution in [2.75, 3.05) is 0 Å². The molecule has 0 bridgehead atoms. The molecule has 0 amide bonds. The maximum atomic E-state index is 13.7. The SMILES string of the molecule is CCn1nc(C)cc1C(N)c1cc(F)ccc1F. The second kappa shape index (κ2) is 4.86. The lowest BCUT2D eigenvalue weighted by atomic mass is 10.0. The first-order valence-electron chi connectivity index (χ1n) is 5.77. The number of nitrogens with two attached hydrogens (primary N) is 1. The Morgan fingerprint density at radius 3 is 2.72 bits per heavy atom. The third-order valence-electron chi connectivity index (χ3n) is 2.84. The smallest absolute Gasteiger partial charge is 0.128 e. The van der Waals surface area contributed by atoms with Crippen LogP contribution in [0.3, 0.4) is 0 Å². The van der Waals surface area contributed by atoms with Crippen LogP contribution in [0.25, 0.3) is 0 Å². The number of aryl methyl sites for hydroxylation is 2. The molecule has 0 aliphatic rings. The van der Waals surface area contributed by atoms with Gasteiger partial charge >= 0.3 is 0 Å². The van der Waals surface area contributed by atoms with E-state index in [1.165, 1.54) is 0 Å². The molecule has 96 valence electrons. The summed E-state index contributed by atoms with van der Waals surface area (Å²) >= 11 is 0. The zero-order valence-corrected chi connectivity index (χ0v) is 10.3. The van der Waals surface area contributed by atoms with Crippen LogP contribution in [0.1, 0.15) is 29.9 Å². The van der Waals surface area contributed by atoms with Gasteiger partial charge in [0.25, 0.3) is 0 Å². The molecular formula is C13H15F2N3. The summed E-state index contributed by atoms with van der Waals surface area (Å²) in [6, 6.07) is 4.36. The first-order chi connectivity index (χ1) is 8.52. The summed E-state index contributed by atoms with van der Waals surface area (Å²) in [5.41, 5.74) is 7.64. The van der Waals surface area contributed by atoms with Crippen LogP contribution in [0.4, 0.5) is 8.78 Å². The molecule has 0 saturated heterocycles. The molecule has 3 nitrogen and oxygen atoms in total. The van der Waals surface area contributed by atoms with Gasteiger partial charge in [0.15, 0.2) is 0 Å². The average Bonchev–Trinajstić information content (AvgIpc) is 2.72. The second-order valence-electron chi connectivity index (χ2n) is 4.17. The number of hydrogen-bond acceptors (Lipinski definition) is 2.